The fourth-order valence-electron chi connectivity index (χ4n) is 3.17. The number of aromatic nitrogens is 1. The summed E-state index contributed by atoms with van der Waals surface area (Å²) in [5, 5.41) is 1.34. The molecular formula is C23H20BrNS. The molecule has 0 N–H and O–H groups in total. The third kappa shape index (κ3) is 3.74. The van der Waals surface area contributed by atoms with E-state index in [0.29, 0.717) is 0 Å². The standard InChI is InChI=1S/C23H20BrNS/c1-17-6-2-3-7-19(17)16-26-23-15-25(22-9-5-4-8-21(22)23)14-18-10-12-20(24)13-11-18/h2-13,15H,14,16H2,1H3. The van der Waals surface area contributed by atoms with Gasteiger partial charge in [-0.1, -0.05) is 70.5 Å². The van der Waals surface area contributed by atoms with Crippen LogP contribution in [0.15, 0.2) is 88.4 Å². The van der Waals surface area contributed by atoms with Crippen LogP contribution in [0.3, 0.4) is 0 Å². The quantitative estimate of drug-likeness (QED) is 0.312. The summed E-state index contributed by atoms with van der Waals surface area (Å²) in [6.45, 7) is 3.07. The predicted octanol–water partition coefficient (Wildman–Crippen LogP) is 7.05. The van der Waals surface area contributed by atoms with Crippen molar-refractivity contribution in [2.75, 3.05) is 0 Å². The summed E-state index contributed by atoms with van der Waals surface area (Å²) in [6, 6.07) is 25.9. The van der Waals surface area contributed by atoms with Crippen molar-refractivity contribution in [2.45, 2.75) is 24.1 Å². The molecule has 0 saturated heterocycles. The van der Waals surface area contributed by atoms with Crippen LogP contribution >= 0.6 is 27.7 Å². The maximum absolute atomic E-state index is 3.51. The van der Waals surface area contributed by atoms with Crippen LogP contribution in [0.1, 0.15) is 16.7 Å². The third-order valence-corrected chi connectivity index (χ3v) is 6.28. The van der Waals surface area contributed by atoms with Crippen molar-refractivity contribution in [3.63, 3.8) is 0 Å². The average molecular weight is 422 g/mol. The van der Waals surface area contributed by atoms with E-state index < -0.39 is 0 Å². The van der Waals surface area contributed by atoms with E-state index in [0.717, 1.165) is 16.8 Å². The Morgan fingerprint density at radius 1 is 0.885 bits per heavy atom. The van der Waals surface area contributed by atoms with Gasteiger partial charge in [-0.25, -0.2) is 0 Å². The van der Waals surface area contributed by atoms with Crippen LogP contribution in [0.2, 0.25) is 0 Å². The molecule has 3 aromatic carbocycles. The number of benzene rings is 3. The Labute approximate surface area is 167 Å². The second kappa shape index (κ2) is 7.73. The normalized spacial score (nSPS) is 11.2. The molecule has 0 unspecified atom stereocenters. The lowest BCUT2D eigenvalue weighted by Gasteiger charge is -2.05. The van der Waals surface area contributed by atoms with E-state index in [4.69, 9.17) is 0 Å². The summed E-state index contributed by atoms with van der Waals surface area (Å²) >= 11 is 5.44. The zero-order valence-corrected chi connectivity index (χ0v) is 17.1. The van der Waals surface area contributed by atoms with E-state index in [1.165, 1.54) is 32.5 Å². The van der Waals surface area contributed by atoms with Crippen molar-refractivity contribution in [1.29, 1.82) is 0 Å². The van der Waals surface area contributed by atoms with Crippen LogP contribution in [-0.4, -0.2) is 4.57 Å². The smallest absolute Gasteiger partial charge is 0.0495 e. The van der Waals surface area contributed by atoms with E-state index in [1.54, 1.807) is 0 Å². The van der Waals surface area contributed by atoms with Gasteiger partial charge in [-0.2, -0.15) is 0 Å². The van der Waals surface area contributed by atoms with Gasteiger partial charge in [0.05, 0.1) is 0 Å². The molecule has 4 aromatic rings. The molecule has 1 aromatic heterocycles. The van der Waals surface area contributed by atoms with E-state index >= 15 is 0 Å². The molecule has 0 aliphatic carbocycles. The Bertz CT molecular complexity index is 1030. The van der Waals surface area contributed by atoms with E-state index in [2.05, 4.69) is 106 Å². The SMILES string of the molecule is Cc1ccccc1CSc1cn(Cc2ccc(Br)cc2)c2ccccc12. The first kappa shape index (κ1) is 17.4. The van der Waals surface area contributed by atoms with Crippen LogP contribution in [0.25, 0.3) is 10.9 Å². The van der Waals surface area contributed by atoms with E-state index in [-0.39, 0.29) is 0 Å². The van der Waals surface area contributed by atoms with Crippen LogP contribution in [-0.2, 0) is 12.3 Å². The molecule has 130 valence electrons. The first-order valence-electron chi connectivity index (χ1n) is 8.70. The lowest BCUT2D eigenvalue weighted by atomic mass is 10.1. The van der Waals surface area contributed by atoms with Gasteiger partial charge in [0.15, 0.2) is 0 Å². The maximum atomic E-state index is 3.51. The summed E-state index contributed by atoms with van der Waals surface area (Å²) in [5.41, 5.74) is 5.37. The molecule has 3 heteroatoms. The molecule has 0 amide bonds. The van der Waals surface area contributed by atoms with E-state index in [1.807, 2.05) is 11.8 Å². The number of halogens is 1. The van der Waals surface area contributed by atoms with Gasteiger partial charge in [0.1, 0.15) is 0 Å². The minimum atomic E-state index is 0.888. The summed E-state index contributed by atoms with van der Waals surface area (Å²) in [6.07, 6.45) is 2.30. The van der Waals surface area contributed by atoms with Crippen molar-refractivity contribution in [2.24, 2.45) is 0 Å². The lowest BCUT2D eigenvalue weighted by Crippen LogP contribution is -1.97. The van der Waals surface area contributed by atoms with Crippen LogP contribution in [0, 0.1) is 6.92 Å². The average Bonchev–Trinajstić information content (AvgIpc) is 3.01. The Morgan fingerprint density at radius 2 is 1.62 bits per heavy atom. The Balaban J connectivity index is 1.63. The fraction of sp³-hybridized carbons (Fsp3) is 0.130. The van der Waals surface area contributed by atoms with Gasteiger partial charge >= 0.3 is 0 Å². The minimum Gasteiger partial charge on any atom is -0.342 e. The number of fused-ring (bicyclic) bond motifs is 1. The van der Waals surface area contributed by atoms with Gasteiger partial charge in [-0.15, -0.1) is 11.8 Å². The summed E-state index contributed by atoms with van der Waals surface area (Å²) in [5.74, 6) is 0.999. The molecule has 0 spiro atoms. The highest BCUT2D eigenvalue weighted by Crippen LogP contribution is 2.33. The molecule has 0 fully saturated rings. The van der Waals surface area contributed by atoms with Gasteiger partial charge in [-0.05, 0) is 41.8 Å². The van der Waals surface area contributed by atoms with E-state index in [9.17, 15) is 0 Å². The Morgan fingerprint density at radius 3 is 2.42 bits per heavy atom. The molecule has 1 heterocycles. The maximum Gasteiger partial charge on any atom is 0.0495 e. The summed E-state index contributed by atoms with van der Waals surface area (Å²) < 4.78 is 3.48. The van der Waals surface area contributed by atoms with Gasteiger partial charge in [0.2, 0.25) is 0 Å². The number of nitrogens with zero attached hydrogens (tertiary/aromatic N) is 1. The monoisotopic (exact) mass is 421 g/mol. The predicted molar refractivity (Wildman–Crippen MR) is 116 cm³/mol. The molecule has 0 radical (unpaired) electrons. The number of para-hydroxylation sites is 1. The number of rotatable bonds is 5. The summed E-state index contributed by atoms with van der Waals surface area (Å²) in [7, 11) is 0. The molecule has 26 heavy (non-hydrogen) atoms. The molecule has 4 rings (SSSR count). The number of hydrogen-bond acceptors (Lipinski definition) is 1. The second-order valence-electron chi connectivity index (χ2n) is 6.48. The van der Waals surface area contributed by atoms with Gasteiger partial charge < -0.3 is 4.57 Å². The van der Waals surface area contributed by atoms with Gasteiger partial charge in [0.25, 0.3) is 0 Å². The van der Waals surface area contributed by atoms with Crippen molar-refractivity contribution < 1.29 is 0 Å². The van der Waals surface area contributed by atoms with Gasteiger partial charge in [0, 0.05) is 38.8 Å². The van der Waals surface area contributed by atoms with Crippen LogP contribution in [0.4, 0.5) is 0 Å². The van der Waals surface area contributed by atoms with Gasteiger partial charge in [-0.3, -0.25) is 0 Å². The highest BCUT2D eigenvalue weighted by Gasteiger charge is 2.10. The summed E-state index contributed by atoms with van der Waals surface area (Å²) in [4.78, 5) is 1.35. The molecule has 1 nitrogen and oxygen atoms in total. The van der Waals surface area contributed by atoms with Crippen LogP contribution < -0.4 is 0 Å². The number of aryl methyl sites for hydroxylation is 1. The zero-order valence-electron chi connectivity index (χ0n) is 14.7. The zero-order chi connectivity index (χ0) is 17.9. The largest absolute Gasteiger partial charge is 0.342 e. The van der Waals surface area contributed by atoms with Crippen molar-refractivity contribution in [1.82, 2.24) is 4.57 Å². The van der Waals surface area contributed by atoms with Crippen molar-refractivity contribution in [3.05, 3.63) is 100 Å². The number of hydrogen-bond donors (Lipinski definition) is 0. The minimum absolute atomic E-state index is 0.888. The molecule has 0 aliphatic heterocycles. The second-order valence-corrected chi connectivity index (χ2v) is 8.41. The van der Waals surface area contributed by atoms with Crippen molar-refractivity contribution in [3.8, 4) is 0 Å². The molecule has 0 atom stereocenters. The highest BCUT2D eigenvalue weighted by atomic mass is 79.9. The first-order chi connectivity index (χ1) is 12.7. The van der Waals surface area contributed by atoms with Crippen LogP contribution in [0.5, 0.6) is 0 Å². The highest BCUT2D eigenvalue weighted by molar-refractivity contribution is 9.10. The fourth-order valence-corrected chi connectivity index (χ4v) is 4.60. The molecule has 0 saturated carbocycles. The lowest BCUT2D eigenvalue weighted by molar-refractivity contribution is 0.830. The molecular weight excluding hydrogens is 402 g/mol. The number of thioether (sulfide) groups is 1. The van der Waals surface area contributed by atoms with Crippen molar-refractivity contribution >= 4 is 38.6 Å². The molecule has 0 aliphatic rings. The third-order valence-electron chi connectivity index (χ3n) is 4.66. The Kier molecular flexibility index (Phi) is 5.18. The first-order valence-corrected chi connectivity index (χ1v) is 10.5. The molecule has 0 bridgehead atoms. The Hall–Kier alpha value is -1.97. The topological polar surface area (TPSA) is 4.93 Å².